The molecule has 0 saturated heterocycles. The molecule has 0 aliphatic rings. The fourth-order valence-corrected chi connectivity index (χ4v) is 2.35. The van der Waals surface area contributed by atoms with E-state index in [1.165, 1.54) is 10.7 Å². The topological polar surface area (TPSA) is 90.0 Å². The minimum atomic E-state index is -0.362. The average molecular weight is 359 g/mol. The van der Waals surface area contributed by atoms with Crippen LogP contribution >= 0.6 is 11.6 Å². The van der Waals surface area contributed by atoms with Crippen molar-refractivity contribution in [1.29, 1.82) is 0 Å². The maximum Gasteiger partial charge on any atom is 0.273 e. The number of rotatable bonds is 5. The van der Waals surface area contributed by atoms with Crippen LogP contribution in [0.5, 0.6) is 0 Å². The standard InChI is InChI=1S/C17H15ClN4O3/c1-11-10-15(21-25-11)17(24)19-8-9-22-16(23)7-6-14(20-22)12-2-4-13(18)5-3-12/h2-7,10H,8-9H2,1H3,(H,19,24). The fourth-order valence-electron chi connectivity index (χ4n) is 2.22. The minimum absolute atomic E-state index is 0.202. The highest BCUT2D eigenvalue weighted by Crippen LogP contribution is 2.18. The van der Waals surface area contributed by atoms with Crippen LogP contribution in [-0.2, 0) is 6.54 Å². The van der Waals surface area contributed by atoms with Crippen molar-refractivity contribution in [2.45, 2.75) is 13.5 Å². The summed E-state index contributed by atoms with van der Waals surface area (Å²) >= 11 is 5.88. The van der Waals surface area contributed by atoms with E-state index in [1.807, 2.05) is 12.1 Å². The summed E-state index contributed by atoms with van der Waals surface area (Å²) in [6.45, 7) is 2.18. The lowest BCUT2D eigenvalue weighted by Gasteiger charge is -2.08. The first-order valence-corrected chi connectivity index (χ1v) is 7.96. The molecule has 1 aromatic carbocycles. The second-order valence-electron chi connectivity index (χ2n) is 5.37. The van der Waals surface area contributed by atoms with Gasteiger partial charge in [-0.05, 0) is 25.1 Å². The molecule has 0 aliphatic carbocycles. The summed E-state index contributed by atoms with van der Waals surface area (Å²) in [5.74, 6) is 0.192. The van der Waals surface area contributed by atoms with Gasteiger partial charge in [-0.2, -0.15) is 5.10 Å². The monoisotopic (exact) mass is 358 g/mol. The van der Waals surface area contributed by atoms with E-state index in [0.717, 1.165) is 5.56 Å². The van der Waals surface area contributed by atoms with Gasteiger partial charge in [-0.25, -0.2) is 4.68 Å². The van der Waals surface area contributed by atoms with Crippen molar-refractivity contribution in [3.8, 4) is 11.3 Å². The van der Waals surface area contributed by atoms with Gasteiger partial charge in [0.25, 0.3) is 11.5 Å². The Morgan fingerprint density at radius 2 is 2.00 bits per heavy atom. The summed E-state index contributed by atoms with van der Waals surface area (Å²) in [6, 6.07) is 11.8. The molecule has 0 unspecified atom stereocenters. The number of hydrogen-bond donors (Lipinski definition) is 1. The Morgan fingerprint density at radius 3 is 2.68 bits per heavy atom. The lowest BCUT2D eigenvalue weighted by molar-refractivity contribution is 0.0942. The first-order valence-electron chi connectivity index (χ1n) is 7.58. The highest BCUT2D eigenvalue weighted by atomic mass is 35.5. The van der Waals surface area contributed by atoms with Crippen LogP contribution in [0.25, 0.3) is 11.3 Å². The number of aryl methyl sites for hydroxylation is 1. The quantitative estimate of drug-likeness (QED) is 0.755. The lowest BCUT2D eigenvalue weighted by atomic mass is 10.1. The van der Waals surface area contributed by atoms with Crippen molar-refractivity contribution >= 4 is 17.5 Å². The van der Waals surface area contributed by atoms with Crippen molar-refractivity contribution in [1.82, 2.24) is 20.3 Å². The maximum atomic E-state index is 11.9. The second-order valence-corrected chi connectivity index (χ2v) is 5.80. The Bertz CT molecular complexity index is 947. The molecule has 1 N–H and O–H groups in total. The van der Waals surface area contributed by atoms with Crippen LogP contribution in [0.1, 0.15) is 16.2 Å². The van der Waals surface area contributed by atoms with E-state index in [0.29, 0.717) is 16.5 Å². The Balaban J connectivity index is 1.68. The number of nitrogens with zero attached hydrogens (tertiary/aromatic N) is 3. The van der Waals surface area contributed by atoms with Gasteiger partial charge in [0.15, 0.2) is 5.69 Å². The summed E-state index contributed by atoms with van der Waals surface area (Å²) in [5, 5.41) is 11.3. The number of hydrogen-bond acceptors (Lipinski definition) is 5. The zero-order valence-electron chi connectivity index (χ0n) is 13.4. The number of carbonyl (C=O) groups is 1. The SMILES string of the molecule is Cc1cc(C(=O)NCCn2nc(-c3ccc(Cl)cc3)ccc2=O)no1. The summed E-state index contributed by atoms with van der Waals surface area (Å²) in [4.78, 5) is 23.8. The van der Waals surface area contributed by atoms with E-state index < -0.39 is 0 Å². The molecule has 3 aromatic rings. The molecular weight excluding hydrogens is 344 g/mol. The molecule has 25 heavy (non-hydrogen) atoms. The minimum Gasteiger partial charge on any atom is -0.361 e. The van der Waals surface area contributed by atoms with E-state index in [-0.39, 0.29) is 30.2 Å². The van der Waals surface area contributed by atoms with Crippen LogP contribution in [0.4, 0.5) is 0 Å². The molecule has 0 saturated carbocycles. The number of carbonyl (C=O) groups excluding carboxylic acids is 1. The van der Waals surface area contributed by atoms with Crippen LogP contribution in [0.15, 0.2) is 51.8 Å². The average Bonchev–Trinajstić information content (AvgIpc) is 3.04. The summed E-state index contributed by atoms with van der Waals surface area (Å²) in [6.07, 6.45) is 0. The number of aromatic nitrogens is 3. The van der Waals surface area contributed by atoms with Crippen molar-refractivity contribution in [3.05, 3.63) is 69.3 Å². The molecule has 128 valence electrons. The van der Waals surface area contributed by atoms with Crippen LogP contribution < -0.4 is 10.9 Å². The first kappa shape index (κ1) is 16.9. The van der Waals surface area contributed by atoms with Crippen molar-refractivity contribution in [2.75, 3.05) is 6.54 Å². The zero-order valence-corrected chi connectivity index (χ0v) is 14.2. The maximum absolute atomic E-state index is 11.9. The predicted octanol–water partition coefficient (Wildman–Crippen LogP) is 2.29. The highest BCUT2D eigenvalue weighted by molar-refractivity contribution is 6.30. The van der Waals surface area contributed by atoms with Gasteiger partial charge in [0, 0.05) is 29.3 Å². The fraction of sp³-hybridized carbons (Fsp3) is 0.176. The van der Waals surface area contributed by atoms with Gasteiger partial charge in [-0.15, -0.1) is 0 Å². The van der Waals surface area contributed by atoms with Crippen LogP contribution in [0.2, 0.25) is 5.02 Å². The van der Waals surface area contributed by atoms with Gasteiger partial charge in [0.05, 0.1) is 12.2 Å². The Morgan fingerprint density at radius 1 is 1.24 bits per heavy atom. The molecule has 7 nitrogen and oxygen atoms in total. The summed E-state index contributed by atoms with van der Waals surface area (Å²) in [5.41, 5.74) is 1.45. The zero-order chi connectivity index (χ0) is 17.8. The summed E-state index contributed by atoms with van der Waals surface area (Å²) in [7, 11) is 0. The molecule has 3 rings (SSSR count). The van der Waals surface area contributed by atoms with Crippen LogP contribution in [0.3, 0.4) is 0 Å². The number of amides is 1. The van der Waals surface area contributed by atoms with Gasteiger partial charge in [-0.3, -0.25) is 9.59 Å². The molecule has 0 spiro atoms. The number of nitrogens with one attached hydrogen (secondary N) is 1. The van der Waals surface area contributed by atoms with Gasteiger partial charge < -0.3 is 9.84 Å². The van der Waals surface area contributed by atoms with Gasteiger partial charge in [0.1, 0.15) is 5.76 Å². The third-order valence-corrected chi connectivity index (χ3v) is 3.73. The van der Waals surface area contributed by atoms with Crippen LogP contribution in [-0.4, -0.2) is 27.4 Å². The Kier molecular flexibility index (Phi) is 4.95. The normalized spacial score (nSPS) is 10.6. The highest BCUT2D eigenvalue weighted by Gasteiger charge is 2.10. The second kappa shape index (κ2) is 7.31. The molecule has 1 amide bonds. The Labute approximate surface area is 148 Å². The van der Waals surface area contributed by atoms with E-state index in [9.17, 15) is 9.59 Å². The Hall–Kier alpha value is -2.93. The molecule has 2 aromatic heterocycles. The molecule has 0 aliphatic heterocycles. The van der Waals surface area contributed by atoms with E-state index >= 15 is 0 Å². The smallest absolute Gasteiger partial charge is 0.273 e. The number of benzene rings is 1. The van der Waals surface area contributed by atoms with Crippen LogP contribution in [0, 0.1) is 6.92 Å². The molecule has 2 heterocycles. The van der Waals surface area contributed by atoms with Gasteiger partial charge in [0.2, 0.25) is 0 Å². The molecule has 8 heteroatoms. The lowest BCUT2D eigenvalue weighted by Crippen LogP contribution is -2.32. The first-order chi connectivity index (χ1) is 12.0. The molecule has 0 atom stereocenters. The van der Waals surface area contributed by atoms with E-state index in [4.69, 9.17) is 16.1 Å². The van der Waals surface area contributed by atoms with Crippen molar-refractivity contribution in [2.24, 2.45) is 0 Å². The van der Waals surface area contributed by atoms with E-state index in [1.54, 1.807) is 31.2 Å². The summed E-state index contributed by atoms with van der Waals surface area (Å²) < 4.78 is 6.16. The predicted molar refractivity (Wildman–Crippen MR) is 92.5 cm³/mol. The molecule has 0 radical (unpaired) electrons. The van der Waals surface area contributed by atoms with Gasteiger partial charge in [-0.1, -0.05) is 28.9 Å². The molecule has 0 fully saturated rings. The number of halogens is 1. The third-order valence-electron chi connectivity index (χ3n) is 3.48. The largest absolute Gasteiger partial charge is 0.361 e. The molecule has 0 bridgehead atoms. The van der Waals surface area contributed by atoms with Crippen molar-refractivity contribution < 1.29 is 9.32 Å². The van der Waals surface area contributed by atoms with Crippen molar-refractivity contribution in [3.63, 3.8) is 0 Å². The molecular formula is C17H15ClN4O3. The van der Waals surface area contributed by atoms with Gasteiger partial charge >= 0.3 is 0 Å². The third kappa shape index (κ3) is 4.13. The van der Waals surface area contributed by atoms with E-state index in [2.05, 4.69) is 15.6 Å².